The average molecular weight is 312 g/mol. The lowest BCUT2D eigenvalue weighted by Gasteiger charge is -2.28. The van der Waals surface area contributed by atoms with Gasteiger partial charge in [-0.15, -0.1) is 0 Å². The van der Waals surface area contributed by atoms with Crippen molar-refractivity contribution in [2.75, 3.05) is 13.6 Å². The van der Waals surface area contributed by atoms with Gasteiger partial charge in [0, 0.05) is 6.54 Å². The number of hydrogen-bond acceptors (Lipinski definition) is 3. The first kappa shape index (κ1) is 17.2. The number of hydrogen-bond donors (Lipinski definition) is 2. The van der Waals surface area contributed by atoms with Crippen LogP contribution in [0.4, 0.5) is 0 Å². The topological polar surface area (TPSA) is 66.6 Å². The number of carbonyl (C=O) groups is 1. The smallest absolute Gasteiger partial charge is 0.239 e. The predicted molar refractivity (Wildman–Crippen MR) is 91.8 cm³/mol. The lowest BCUT2D eigenvalue weighted by molar-refractivity contribution is -0.123. The van der Waals surface area contributed by atoms with Crippen LogP contribution in [-0.2, 0) is 11.2 Å². The van der Waals surface area contributed by atoms with Gasteiger partial charge in [0.25, 0.3) is 0 Å². The monoisotopic (exact) mass is 312 g/mol. The first-order valence-corrected chi connectivity index (χ1v) is 7.84. The van der Waals surface area contributed by atoms with Gasteiger partial charge in [0.15, 0.2) is 0 Å². The van der Waals surface area contributed by atoms with Crippen molar-refractivity contribution < 1.29 is 9.90 Å². The van der Waals surface area contributed by atoms with Gasteiger partial charge in [-0.3, -0.25) is 9.69 Å². The lowest BCUT2D eigenvalue weighted by Crippen LogP contribution is -2.39. The lowest BCUT2D eigenvalue weighted by atomic mass is 10.0. The van der Waals surface area contributed by atoms with Crippen LogP contribution in [-0.4, -0.2) is 35.6 Å². The van der Waals surface area contributed by atoms with Crippen molar-refractivity contribution in [3.8, 4) is 0 Å². The van der Waals surface area contributed by atoms with Crippen molar-refractivity contribution in [1.82, 2.24) is 4.90 Å². The van der Waals surface area contributed by atoms with Crippen molar-refractivity contribution in [3.63, 3.8) is 0 Å². The Hall–Kier alpha value is -2.17. The van der Waals surface area contributed by atoms with Crippen LogP contribution >= 0.6 is 0 Å². The summed E-state index contributed by atoms with van der Waals surface area (Å²) in [6, 6.07) is 18.9. The standard InChI is InChI=1S/C19H24N2O2/c1-21(18(19(20)23)16-10-6-3-7-11-16)14-17(22)13-12-15-8-4-2-5-9-15/h2-11,17-18,22H,12-14H2,1H3,(H2,20,23)/t17-,18+/m1/s1. The second-order valence-corrected chi connectivity index (χ2v) is 5.83. The number of aliphatic hydroxyl groups is 1. The minimum atomic E-state index is -0.525. The van der Waals surface area contributed by atoms with Gasteiger partial charge in [-0.05, 0) is 31.0 Å². The number of nitrogens with two attached hydrogens (primary N) is 1. The molecule has 0 saturated heterocycles. The van der Waals surface area contributed by atoms with Crippen LogP contribution < -0.4 is 5.73 Å². The molecule has 2 aromatic carbocycles. The Morgan fingerprint density at radius 2 is 1.65 bits per heavy atom. The van der Waals surface area contributed by atoms with Gasteiger partial charge in [0.05, 0.1) is 6.10 Å². The van der Waals surface area contributed by atoms with Gasteiger partial charge in [-0.2, -0.15) is 0 Å². The molecular weight excluding hydrogens is 288 g/mol. The quantitative estimate of drug-likeness (QED) is 0.785. The molecule has 0 unspecified atom stereocenters. The van der Waals surface area contributed by atoms with E-state index in [4.69, 9.17) is 5.73 Å². The van der Waals surface area contributed by atoms with E-state index >= 15 is 0 Å². The highest BCUT2D eigenvalue weighted by Crippen LogP contribution is 2.19. The first-order chi connectivity index (χ1) is 11.1. The Kier molecular flexibility index (Phi) is 6.32. The Balaban J connectivity index is 1.93. The van der Waals surface area contributed by atoms with E-state index in [1.807, 2.05) is 72.6 Å². The molecule has 0 saturated carbocycles. The summed E-state index contributed by atoms with van der Waals surface area (Å²) in [5, 5.41) is 10.3. The largest absolute Gasteiger partial charge is 0.392 e. The van der Waals surface area contributed by atoms with Crippen molar-refractivity contribution in [3.05, 3.63) is 71.8 Å². The third-order valence-electron chi connectivity index (χ3n) is 3.93. The molecule has 2 aromatic rings. The van der Waals surface area contributed by atoms with Crippen LogP contribution in [0.25, 0.3) is 0 Å². The van der Waals surface area contributed by atoms with Crippen LogP contribution in [0.2, 0.25) is 0 Å². The third kappa shape index (κ3) is 5.20. The molecule has 1 amide bonds. The second-order valence-electron chi connectivity index (χ2n) is 5.83. The maximum atomic E-state index is 11.8. The van der Waals surface area contributed by atoms with Crippen molar-refractivity contribution in [2.24, 2.45) is 5.73 Å². The highest BCUT2D eigenvalue weighted by Gasteiger charge is 2.24. The second kappa shape index (κ2) is 8.46. The van der Waals surface area contributed by atoms with Gasteiger partial charge in [-0.25, -0.2) is 0 Å². The van der Waals surface area contributed by atoms with Gasteiger partial charge in [-0.1, -0.05) is 60.7 Å². The molecule has 4 nitrogen and oxygen atoms in total. The predicted octanol–water partition coefficient (Wildman–Crippen LogP) is 2.14. The van der Waals surface area contributed by atoms with E-state index in [0.717, 1.165) is 12.0 Å². The summed E-state index contributed by atoms with van der Waals surface area (Å²) in [4.78, 5) is 13.6. The fourth-order valence-corrected chi connectivity index (χ4v) is 2.78. The van der Waals surface area contributed by atoms with E-state index in [9.17, 15) is 9.90 Å². The zero-order valence-corrected chi connectivity index (χ0v) is 13.4. The Morgan fingerprint density at radius 1 is 1.09 bits per heavy atom. The van der Waals surface area contributed by atoms with Crippen LogP contribution in [0, 0.1) is 0 Å². The maximum absolute atomic E-state index is 11.8. The van der Waals surface area contributed by atoms with Crippen molar-refractivity contribution in [1.29, 1.82) is 0 Å². The molecule has 122 valence electrons. The number of aliphatic hydroxyl groups excluding tert-OH is 1. The van der Waals surface area contributed by atoms with Crippen molar-refractivity contribution >= 4 is 5.91 Å². The summed E-state index contributed by atoms with van der Waals surface area (Å²) in [6.45, 7) is 0.398. The molecule has 2 atom stereocenters. The van der Waals surface area contributed by atoms with E-state index in [1.165, 1.54) is 5.56 Å². The van der Waals surface area contributed by atoms with E-state index in [1.54, 1.807) is 0 Å². The molecule has 0 aliphatic rings. The molecule has 0 bridgehead atoms. The van der Waals surface area contributed by atoms with E-state index in [-0.39, 0.29) is 0 Å². The normalized spacial score (nSPS) is 13.7. The average Bonchev–Trinajstić information content (AvgIpc) is 2.54. The zero-order valence-electron chi connectivity index (χ0n) is 13.4. The summed E-state index contributed by atoms with van der Waals surface area (Å²) in [6.07, 6.45) is 0.947. The number of nitrogens with zero attached hydrogens (tertiary/aromatic N) is 1. The van der Waals surface area contributed by atoms with Crippen molar-refractivity contribution in [2.45, 2.75) is 25.0 Å². The summed E-state index contributed by atoms with van der Waals surface area (Å²) in [5.74, 6) is -0.408. The fraction of sp³-hybridized carbons (Fsp3) is 0.316. The number of rotatable bonds is 8. The number of aryl methyl sites for hydroxylation is 1. The third-order valence-corrected chi connectivity index (χ3v) is 3.93. The summed E-state index contributed by atoms with van der Waals surface area (Å²) < 4.78 is 0. The molecular formula is C19H24N2O2. The van der Waals surface area contributed by atoms with Crippen LogP contribution in [0.5, 0.6) is 0 Å². The summed E-state index contributed by atoms with van der Waals surface area (Å²) in [7, 11) is 1.81. The molecule has 3 N–H and O–H groups in total. The maximum Gasteiger partial charge on any atom is 0.239 e. The molecule has 4 heteroatoms. The number of amides is 1. The number of primary amides is 1. The number of benzene rings is 2. The summed E-state index contributed by atoms with van der Waals surface area (Å²) in [5.41, 5.74) is 7.59. The first-order valence-electron chi connectivity index (χ1n) is 7.84. The highest BCUT2D eigenvalue weighted by atomic mass is 16.3. The minimum Gasteiger partial charge on any atom is -0.392 e. The summed E-state index contributed by atoms with van der Waals surface area (Å²) >= 11 is 0. The zero-order chi connectivity index (χ0) is 16.7. The van der Waals surface area contributed by atoms with Crippen LogP contribution in [0.1, 0.15) is 23.6 Å². The van der Waals surface area contributed by atoms with Gasteiger partial charge < -0.3 is 10.8 Å². The Morgan fingerprint density at radius 3 is 2.22 bits per heavy atom. The highest BCUT2D eigenvalue weighted by molar-refractivity contribution is 5.81. The SMILES string of the molecule is CN(C[C@H](O)CCc1ccccc1)[C@H](C(N)=O)c1ccccc1. The van der Waals surface area contributed by atoms with E-state index < -0.39 is 18.1 Å². The molecule has 0 aliphatic heterocycles. The molecule has 23 heavy (non-hydrogen) atoms. The van der Waals surface area contributed by atoms with Gasteiger partial charge in [0.2, 0.25) is 5.91 Å². The Labute approximate surface area is 137 Å². The van der Waals surface area contributed by atoms with Crippen LogP contribution in [0.3, 0.4) is 0 Å². The molecule has 2 rings (SSSR count). The molecule has 0 radical (unpaired) electrons. The van der Waals surface area contributed by atoms with E-state index in [0.29, 0.717) is 13.0 Å². The molecule has 0 heterocycles. The number of carbonyl (C=O) groups excluding carboxylic acids is 1. The molecule has 0 fully saturated rings. The molecule has 0 aliphatic carbocycles. The molecule has 0 spiro atoms. The van der Waals surface area contributed by atoms with E-state index in [2.05, 4.69) is 0 Å². The fourth-order valence-electron chi connectivity index (χ4n) is 2.78. The molecule has 0 aromatic heterocycles. The Bertz CT molecular complexity index is 601. The number of likely N-dealkylation sites (N-methyl/N-ethyl adjacent to an activating group) is 1. The van der Waals surface area contributed by atoms with Gasteiger partial charge in [0.1, 0.15) is 6.04 Å². The van der Waals surface area contributed by atoms with Gasteiger partial charge >= 0.3 is 0 Å². The van der Waals surface area contributed by atoms with Crippen LogP contribution in [0.15, 0.2) is 60.7 Å². The minimum absolute atomic E-state index is 0.398.